The zero-order valence-corrected chi connectivity index (χ0v) is 16.0. The van der Waals surface area contributed by atoms with E-state index in [0.29, 0.717) is 13.2 Å². The standard InChI is InChI=1S/C24H25NO3/c1-26-21-13-12-19-20(24(21)27-16-17-8-4-2-5-9-17)14-22(28-23(19)15-25)18-10-6-3-7-11-18/h2-13,22-23H,14-16,25H2,1H3. The lowest BCUT2D eigenvalue weighted by molar-refractivity contribution is -0.0232. The summed E-state index contributed by atoms with van der Waals surface area (Å²) in [5, 5.41) is 0. The van der Waals surface area contributed by atoms with Crippen molar-refractivity contribution in [3.63, 3.8) is 0 Å². The summed E-state index contributed by atoms with van der Waals surface area (Å²) in [5.41, 5.74) is 10.5. The van der Waals surface area contributed by atoms with Crippen molar-refractivity contribution in [2.45, 2.75) is 25.2 Å². The predicted molar refractivity (Wildman–Crippen MR) is 110 cm³/mol. The number of fused-ring (bicyclic) bond motifs is 1. The van der Waals surface area contributed by atoms with Crippen LogP contribution in [-0.2, 0) is 17.8 Å². The minimum atomic E-state index is -0.168. The van der Waals surface area contributed by atoms with Crippen LogP contribution in [0.4, 0.5) is 0 Å². The third kappa shape index (κ3) is 3.75. The molecular weight excluding hydrogens is 350 g/mol. The molecule has 0 fully saturated rings. The third-order valence-electron chi connectivity index (χ3n) is 5.16. The van der Waals surface area contributed by atoms with Crippen LogP contribution in [0.1, 0.15) is 34.5 Å². The Morgan fingerprint density at radius 2 is 1.68 bits per heavy atom. The fourth-order valence-electron chi connectivity index (χ4n) is 3.73. The number of rotatable bonds is 6. The second-order valence-electron chi connectivity index (χ2n) is 6.90. The first kappa shape index (κ1) is 18.5. The number of nitrogens with two attached hydrogens (primary N) is 1. The molecule has 3 aromatic carbocycles. The van der Waals surface area contributed by atoms with Crippen molar-refractivity contribution in [2.75, 3.05) is 13.7 Å². The number of hydrogen-bond acceptors (Lipinski definition) is 4. The fraction of sp³-hybridized carbons (Fsp3) is 0.250. The van der Waals surface area contributed by atoms with E-state index in [2.05, 4.69) is 24.3 Å². The van der Waals surface area contributed by atoms with Crippen LogP contribution in [0, 0.1) is 0 Å². The molecule has 1 aliphatic rings. The fourth-order valence-corrected chi connectivity index (χ4v) is 3.73. The molecular formula is C24H25NO3. The van der Waals surface area contributed by atoms with Crippen LogP contribution in [-0.4, -0.2) is 13.7 Å². The van der Waals surface area contributed by atoms with Crippen molar-refractivity contribution in [2.24, 2.45) is 5.73 Å². The number of methoxy groups -OCH3 is 1. The Hall–Kier alpha value is -2.82. The van der Waals surface area contributed by atoms with E-state index < -0.39 is 0 Å². The van der Waals surface area contributed by atoms with Crippen LogP contribution in [0.5, 0.6) is 11.5 Å². The maximum atomic E-state index is 6.32. The SMILES string of the molecule is COc1ccc2c(c1OCc1ccccc1)CC(c1ccccc1)OC2CN. The molecule has 0 aromatic heterocycles. The molecule has 0 amide bonds. The molecule has 0 bridgehead atoms. The lowest BCUT2D eigenvalue weighted by atomic mass is 9.90. The normalized spacial score (nSPS) is 18.4. The Morgan fingerprint density at radius 1 is 0.964 bits per heavy atom. The molecule has 0 radical (unpaired) electrons. The third-order valence-corrected chi connectivity index (χ3v) is 5.16. The monoisotopic (exact) mass is 375 g/mol. The van der Waals surface area contributed by atoms with Crippen LogP contribution < -0.4 is 15.2 Å². The minimum Gasteiger partial charge on any atom is -0.493 e. The highest BCUT2D eigenvalue weighted by Crippen LogP contribution is 2.44. The quantitative estimate of drug-likeness (QED) is 0.685. The van der Waals surface area contributed by atoms with Gasteiger partial charge in [-0.25, -0.2) is 0 Å². The van der Waals surface area contributed by atoms with Gasteiger partial charge in [-0.15, -0.1) is 0 Å². The summed E-state index contributed by atoms with van der Waals surface area (Å²) >= 11 is 0. The minimum absolute atomic E-state index is 0.0616. The highest BCUT2D eigenvalue weighted by atomic mass is 16.5. The molecule has 28 heavy (non-hydrogen) atoms. The maximum Gasteiger partial charge on any atom is 0.165 e. The Morgan fingerprint density at radius 3 is 2.36 bits per heavy atom. The van der Waals surface area contributed by atoms with Crippen molar-refractivity contribution < 1.29 is 14.2 Å². The van der Waals surface area contributed by atoms with E-state index in [1.807, 2.05) is 48.5 Å². The molecule has 4 nitrogen and oxygen atoms in total. The van der Waals surface area contributed by atoms with Gasteiger partial charge in [-0.1, -0.05) is 66.7 Å². The molecule has 2 N–H and O–H groups in total. The van der Waals surface area contributed by atoms with Gasteiger partial charge in [0.05, 0.1) is 19.3 Å². The van der Waals surface area contributed by atoms with Crippen LogP contribution in [0.2, 0.25) is 0 Å². The van der Waals surface area contributed by atoms with Crippen LogP contribution in [0.3, 0.4) is 0 Å². The Balaban J connectivity index is 1.70. The average molecular weight is 375 g/mol. The molecule has 0 saturated carbocycles. The van der Waals surface area contributed by atoms with Crippen molar-refractivity contribution >= 4 is 0 Å². The van der Waals surface area contributed by atoms with Crippen molar-refractivity contribution in [3.8, 4) is 11.5 Å². The van der Waals surface area contributed by atoms with Gasteiger partial charge >= 0.3 is 0 Å². The summed E-state index contributed by atoms with van der Waals surface area (Å²) in [7, 11) is 1.67. The topological polar surface area (TPSA) is 53.7 Å². The van der Waals surface area contributed by atoms with E-state index >= 15 is 0 Å². The van der Waals surface area contributed by atoms with Gasteiger partial charge in [-0.2, -0.15) is 0 Å². The molecule has 4 heteroatoms. The second kappa shape index (κ2) is 8.46. The first-order valence-corrected chi connectivity index (χ1v) is 9.57. The summed E-state index contributed by atoms with van der Waals surface area (Å²) in [5.74, 6) is 1.52. The lowest BCUT2D eigenvalue weighted by Gasteiger charge is -2.33. The zero-order chi connectivity index (χ0) is 19.3. The van der Waals surface area contributed by atoms with Gasteiger partial charge in [0.25, 0.3) is 0 Å². The van der Waals surface area contributed by atoms with Gasteiger partial charge < -0.3 is 19.9 Å². The van der Waals surface area contributed by atoms with E-state index in [0.717, 1.165) is 40.2 Å². The summed E-state index contributed by atoms with van der Waals surface area (Å²) in [6.45, 7) is 0.901. The molecule has 2 unspecified atom stereocenters. The van der Waals surface area contributed by atoms with Gasteiger partial charge in [-0.05, 0) is 22.8 Å². The average Bonchev–Trinajstić information content (AvgIpc) is 2.77. The largest absolute Gasteiger partial charge is 0.493 e. The van der Waals surface area contributed by atoms with Crippen molar-refractivity contribution in [1.82, 2.24) is 0 Å². The van der Waals surface area contributed by atoms with E-state index in [4.69, 9.17) is 19.9 Å². The summed E-state index contributed by atoms with van der Waals surface area (Å²) < 4.78 is 18.2. The summed E-state index contributed by atoms with van der Waals surface area (Å²) in [6.07, 6.45) is 0.490. The molecule has 144 valence electrons. The number of benzene rings is 3. The molecule has 1 heterocycles. The Labute approximate surface area is 165 Å². The number of hydrogen-bond donors (Lipinski definition) is 1. The first-order chi connectivity index (χ1) is 13.8. The maximum absolute atomic E-state index is 6.32. The Bertz CT molecular complexity index is 912. The van der Waals surface area contributed by atoms with Crippen LogP contribution >= 0.6 is 0 Å². The van der Waals surface area contributed by atoms with Gasteiger partial charge in [0.1, 0.15) is 6.61 Å². The van der Waals surface area contributed by atoms with Gasteiger partial charge in [0.15, 0.2) is 11.5 Å². The van der Waals surface area contributed by atoms with Crippen molar-refractivity contribution in [3.05, 3.63) is 95.1 Å². The molecule has 3 aromatic rings. The number of ether oxygens (including phenoxy) is 3. The van der Waals surface area contributed by atoms with E-state index in [1.165, 1.54) is 0 Å². The summed E-state index contributed by atoms with van der Waals surface area (Å²) in [6, 6.07) is 24.4. The summed E-state index contributed by atoms with van der Waals surface area (Å²) in [4.78, 5) is 0. The Kier molecular flexibility index (Phi) is 5.60. The highest BCUT2D eigenvalue weighted by Gasteiger charge is 2.31. The van der Waals surface area contributed by atoms with Crippen LogP contribution in [0.25, 0.3) is 0 Å². The molecule has 0 saturated heterocycles. The molecule has 0 aliphatic carbocycles. The molecule has 2 atom stereocenters. The predicted octanol–water partition coefficient (Wildman–Crippen LogP) is 4.59. The zero-order valence-electron chi connectivity index (χ0n) is 16.0. The van der Waals surface area contributed by atoms with Gasteiger partial charge in [0.2, 0.25) is 0 Å². The van der Waals surface area contributed by atoms with Crippen molar-refractivity contribution in [1.29, 1.82) is 0 Å². The molecule has 0 spiro atoms. The van der Waals surface area contributed by atoms with E-state index in [9.17, 15) is 0 Å². The highest BCUT2D eigenvalue weighted by molar-refractivity contribution is 5.53. The lowest BCUT2D eigenvalue weighted by Crippen LogP contribution is -2.26. The van der Waals surface area contributed by atoms with Crippen LogP contribution in [0.15, 0.2) is 72.8 Å². The van der Waals surface area contributed by atoms with Gasteiger partial charge in [-0.3, -0.25) is 0 Å². The first-order valence-electron chi connectivity index (χ1n) is 9.57. The molecule has 1 aliphatic heterocycles. The smallest absolute Gasteiger partial charge is 0.165 e. The van der Waals surface area contributed by atoms with Gasteiger partial charge in [0, 0.05) is 18.5 Å². The molecule has 4 rings (SSSR count). The van der Waals surface area contributed by atoms with E-state index in [-0.39, 0.29) is 12.2 Å². The second-order valence-corrected chi connectivity index (χ2v) is 6.90. The van der Waals surface area contributed by atoms with E-state index in [1.54, 1.807) is 7.11 Å².